The third kappa shape index (κ3) is 6.36. The summed E-state index contributed by atoms with van der Waals surface area (Å²) >= 11 is 1.46. The molecule has 4 aromatic carbocycles. The summed E-state index contributed by atoms with van der Waals surface area (Å²) in [6, 6.07) is 28.1. The van der Waals surface area contributed by atoms with Gasteiger partial charge in [-0.25, -0.2) is 0 Å². The lowest BCUT2D eigenvalue weighted by molar-refractivity contribution is -0.115. The Kier molecular flexibility index (Phi) is 8.71. The Morgan fingerprint density at radius 1 is 0.763 bits per heavy atom. The van der Waals surface area contributed by atoms with Gasteiger partial charge in [0.25, 0.3) is 5.91 Å². The molecule has 194 valence electrons. The van der Waals surface area contributed by atoms with E-state index in [0.29, 0.717) is 22.7 Å². The first-order chi connectivity index (χ1) is 18.4. The van der Waals surface area contributed by atoms with Gasteiger partial charge in [0.2, 0.25) is 5.91 Å². The van der Waals surface area contributed by atoms with Crippen molar-refractivity contribution < 1.29 is 19.1 Å². The molecule has 0 saturated heterocycles. The smallest absolute Gasteiger partial charge is 0.255 e. The molecule has 1 atom stereocenters. The van der Waals surface area contributed by atoms with Crippen molar-refractivity contribution in [2.45, 2.75) is 24.0 Å². The van der Waals surface area contributed by atoms with E-state index in [-0.39, 0.29) is 11.8 Å². The number of carbonyl (C=O) groups is 2. The van der Waals surface area contributed by atoms with Gasteiger partial charge in [-0.05, 0) is 79.1 Å². The highest BCUT2D eigenvalue weighted by Gasteiger charge is 2.23. The van der Waals surface area contributed by atoms with Crippen LogP contribution in [0.3, 0.4) is 0 Å². The van der Waals surface area contributed by atoms with Crippen LogP contribution in [-0.2, 0) is 4.79 Å². The van der Waals surface area contributed by atoms with E-state index in [1.807, 2.05) is 86.6 Å². The second kappa shape index (κ2) is 12.3. The fourth-order valence-electron chi connectivity index (χ4n) is 3.92. The van der Waals surface area contributed by atoms with Gasteiger partial charge in [-0.1, -0.05) is 42.5 Å². The summed E-state index contributed by atoms with van der Waals surface area (Å²) in [6.45, 7) is 4.03. The summed E-state index contributed by atoms with van der Waals surface area (Å²) in [5.74, 6) is 0.681. The summed E-state index contributed by atoms with van der Waals surface area (Å²) in [5, 5.41) is 5.55. The number of carbonyl (C=O) groups excluding carboxylic acids is 2. The normalized spacial score (nSPS) is 11.4. The predicted molar refractivity (Wildman–Crippen MR) is 154 cm³/mol. The van der Waals surface area contributed by atoms with Gasteiger partial charge in [-0.2, -0.15) is 0 Å². The van der Waals surface area contributed by atoms with Gasteiger partial charge in [-0.15, -0.1) is 11.8 Å². The van der Waals surface area contributed by atoms with E-state index < -0.39 is 5.25 Å². The molecule has 2 N–H and O–H groups in total. The third-order valence-electron chi connectivity index (χ3n) is 6.21. The van der Waals surface area contributed by atoms with Crippen LogP contribution >= 0.6 is 11.8 Å². The van der Waals surface area contributed by atoms with E-state index in [9.17, 15) is 9.59 Å². The molecule has 0 bridgehead atoms. The Balaban J connectivity index is 1.49. The minimum atomic E-state index is -0.455. The first kappa shape index (κ1) is 26.8. The van der Waals surface area contributed by atoms with Crippen LogP contribution in [0.1, 0.15) is 32.3 Å². The quantitative estimate of drug-likeness (QED) is 0.229. The first-order valence-corrected chi connectivity index (χ1v) is 13.0. The van der Waals surface area contributed by atoms with Crippen molar-refractivity contribution in [3.05, 3.63) is 113 Å². The molecule has 38 heavy (non-hydrogen) atoms. The number of aryl methyl sites for hydroxylation is 1. The zero-order valence-electron chi connectivity index (χ0n) is 21.8. The fourth-order valence-corrected chi connectivity index (χ4v) is 4.94. The van der Waals surface area contributed by atoms with Crippen LogP contribution in [0.15, 0.2) is 95.9 Å². The molecule has 0 aliphatic rings. The molecule has 7 heteroatoms. The van der Waals surface area contributed by atoms with Crippen LogP contribution in [0.2, 0.25) is 0 Å². The van der Waals surface area contributed by atoms with Crippen molar-refractivity contribution in [3.63, 3.8) is 0 Å². The summed E-state index contributed by atoms with van der Waals surface area (Å²) in [4.78, 5) is 27.1. The van der Waals surface area contributed by atoms with Crippen LogP contribution in [0.4, 0.5) is 11.4 Å². The number of rotatable bonds is 9. The van der Waals surface area contributed by atoms with Crippen molar-refractivity contribution >= 4 is 35.0 Å². The van der Waals surface area contributed by atoms with E-state index in [1.165, 1.54) is 18.9 Å². The molecule has 6 nitrogen and oxygen atoms in total. The Morgan fingerprint density at radius 2 is 1.47 bits per heavy atom. The number of hydrogen-bond donors (Lipinski definition) is 2. The van der Waals surface area contributed by atoms with E-state index in [2.05, 4.69) is 10.6 Å². The largest absolute Gasteiger partial charge is 0.493 e. The second-order valence-corrected chi connectivity index (χ2v) is 9.87. The number of benzene rings is 4. The van der Waals surface area contributed by atoms with Crippen LogP contribution in [0.25, 0.3) is 0 Å². The number of hydrogen-bond acceptors (Lipinski definition) is 5. The van der Waals surface area contributed by atoms with Crippen LogP contribution in [0, 0.1) is 13.8 Å². The van der Waals surface area contributed by atoms with Gasteiger partial charge >= 0.3 is 0 Å². The molecule has 0 saturated carbocycles. The molecule has 2 amide bonds. The van der Waals surface area contributed by atoms with Crippen LogP contribution in [0.5, 0.6) is 11.5 Å². The number of amides is 2. The van der Waals surface area contributed by atoms with Gasteiger partial charge in [0.1, 0.15) is 5.25 Å². The molecular weight excluding hydrogens is 496 g/mol. The lowest BCUT2D eigenvalue weighted by atomic mass is 10.1. The van der Waals surface area contributed by atoms with Gasteiger partial charge in [0, 0.05) is 21.8 Å². The van der Waals surface area contributed by atoms with Gasteiger partial charge < -0.3 is 20.1 Å². The second-order valence-electron chi connectivity index (χ2n) is 8.69. The van der Waals surface area contributed by atoms with Crippen molar-refractivity contribution in [3.8, 4) is 11.5 Å². The SMILES string of the molecule is COc1ccc(C(=O)Nc2ccc(SC(C(=O)Nc3cccc(C)c3C)c3ccccc3)cc2)cc1OC. The predicted octanol–water partition coefficient (Wildman–Crippen LogP) is 7.05. The Morgan fingerprint density at radius 3 is 2.16 bits per heavy atom. The average molecular weight is 527 g/mol. The maximum atomic E-state index is 13.4. The summed E-state index contributed by atoms with van der Waals surface area (Å²) < 4.78 is 10.5. The molecule has 0 aliphatic carbocycles. The molecular formula is C31H30N2O4S. The Labute approximate surface area is 227 Å². The van der Waals surface area contributed by atoms with Crippen LogP contribution < -0.4 is 20.1 Å². The van der Waals surface area contributed by atoms with Crippen molar-refractivity contribution in [1.29, 1.82) is 0 Å². The maximum Gasteiger partial charge on any atom is 0.255 e. The number of nitrogens with one attached hydrogen (secondary N) is 2. The molecule has 4 rings (SSSR count). The van der Waals surface area contributed by atoms with Crippen molar-refractivity contribution in [2.24, 2.45) is 0 Å². The number of anilines is 2. The Bertz CT molecular complexity index is 1420. The topological polar surface area (TPSA) is 76.7 Å². The summed E-state index contributed by atoms with van der Waals surface area (Å²) in [5.41, 5.74) is 4.99. The average Bonchev–Trinajstić information content (AvgIpc) is 2.95. The molecule has 0 aromatic heterocycles. The van der Waals surface area contributed by atoms with E-state index in [0.717, 1.165) is 27.3 Å². The van der Waals surface area contributed by atoms with E-state index in [4.69, 9.17) is 9.47 Å². The minimum absolute atomic E-state index is 0.0965. The first-order valence-electron chi connectivity index (χ1n) is 12.1. The molecule has 0 fully saturated rings. The summed E-state index contributed by atoms with van der Waals surface area (Å²) in [6.07, 6.45) is 0. The van der Waals surface area contributed by atoms with Crippen LogP contribution in [-0.4, -0.2) is 26.0 Å². The van der Waals surface area contributed by atoms with Gasteiger partial charge in [-0.3, -0.25) is 9.59 Å². The fraction of sp³-hybridized carbons (Fsp3) is 0.161. The molecule has 0 aliphatic heterocycles. The lowest BCUT2D eigenvalue weighted by Gasteiger charge is -2.19. The maximum absolute atomic E-state index is 13.4. The molecule has 0 heterocycles. The van der Waals surface area contributed by atoms with E-state index >= 15 is 0 Å². The zero-order chi connectivity index (χ0) is 27.1. The standard InChI is InChI=1S/C31H30N2O4S/c1-20-9-8-12-26(21(20)2)33-31(35)29(22-10-6-5-7-11-22)38-25-16-14-24(15-17-25)32-30(34)23-13-18-27(36-3)28(19-23)37-4/h5-19,29H,1-4H3,(H,32,34)(H,33,35). The van der Waals surface area contributed by atoms with Gasteiger partial charge in [0.05, 0.1) is 14.2 Å². The van der Waals surface area contributed by atoms with E-state index in [1.54, 1.807) is 25.3 Å². The van der Waals surface area contributed by atoms with Crippen molar-refractivity contribution in [1.82, 2.24) is 0 Å². The molecule has 1 unspecified atom stereocenters. The zero-order valence-corrected chi connectivity index (χ0v) is 22.6. The highest BCUT2D eigenvalue weighted by molar-refractivity contribution is 8.00. The molecule has 4 aromatic rings. The number of thioether (sulfide) groups is 1. The minimum Gasteiger partial charge on any atom is -0.493 e. The monoisotopic (exact) mass is 526 g/mol. The lowest BCUT2D eigenvalue weighted by Crippen LogP contribution is -2.19. The van der Waals surface area contributed by atoms with Crippen molar-refractivity contribution in [2.75, 3.05) is 24.9 Å². The summed E-state index contributed by atoms with van der Waals surface area (Å²) in [7, 11) is 3.08. The number of ether oxygens (including phenoxy) is 2. The van der Waals surface area contributed by atoms with Gasteiger partial charge in [0.15, 0.2) is 11.5 Å². The Hall–Kier alpha value is -4.23. The third-order valence-corrected chi connectivity index (χ3v) is 7.48. The highest BCUT2D eigenvalue weighted by atomic mass is 32.2. The molecule has 0 radical (unpaired) electrons. The molecule has 0 spiro atoms. The highest BCUT2D eigenvalue weighted by Crippen LogP contribution is 2.37. The number of methoxy groups -OCH3 is 2.